The molecule has 1 amide bonds. The van der Waals surface area contributed by atoms with Crippen molar-refractivity contribution in [3.63, 3.8) is 0 Å². The Morgan fingerprint density at radius 3 is 2.69 bits per heavy atom. The van der Waals surface area contributed by atoms with Gasteiger partial charge in [-0.05, 0) is 12.1 Å². The molecule has 0 fully saturated rings. The van der Waals surface area contributed by atoms with Gasteiger partial charge in [-0.15, -0.1) is 0 Å². The largest absolute Gasteiger partial charge is 0.417 e. The minimum atomic E-state index is -0.762. The van der Waals surface area contributed by atoms with Gasteiger partial charge in [0, 0.05) is 5.39 Å². The third-order valence-electron chi connectivity index (χ3n) is 2.34. The Labute approximate surface area is 91.0 Å². The molecule has 2 N–H and O–H groups in total. The maximum atomic E-state index is 11.9. The van der Waals surface area contributed by atoms with E-state index in [-0.39, 0.29) is 11.0 Å². The van der Waals surface area contributed by atoms with Gasteiger partial charge in [0.15, 0.2) is 0 Å². The summed E-state index contributed by atoms with van der Waals surface area (Å²) in [6, 6.07) is 6.85. The van der Waals surface area contributed by atoms with Crippen LogP contribution in [0, 0.1) is 0 Å². The van der Waals surface area contributed by atoms with Crippen LogP contribution in [0.4, 0.5) is 0 Å². The van der Waals surface area contributed by atoms with E-state index in [2.05, 4.69) is 0 Å². The summed E-state index contributed by atoms with van der Waals surface area (Å²) in [7, 11) is 1.45. The van der Waals surface area contributed by atoms with E-state index in [1.807, 2.05) is 0 Å². The van der Waals surface area contributed by atoms with E-state index in [9.17, 15) is 9.59 Å². The SMILES string of the molecule is COn1cc(C(N)=O)c(=O)c2ccccc21. The molecule has 0 spiro atoms. The zero-order valence-corrected chi connectivity index (χ0v) is 8.64. The van der Waals surface area contributed by atoms with E-state index in [1.165, 1.54) is 18.0 Å². The average molecular weight is 218 g/mol. The van der Waals surface area contributed by atoms with Gasteiger partial charge in [-0.1, -0.05) is 12.1 Å². The molecule has 82 valence electrons. The summed E-state index contributed by atoms with van der Waals surface area (Å²) in [6.07, 6.45) is 1.30. The molecule has 1 heterocycles. The van der Waals surface area contributed by atoms with Crippen molar-refractivity contribution < 1.29 is 9.63 Å². The topological polar surface area (TPSA) is 74.3 Å². The van der Waals surface area contributed by atoms with Crippen LogP contribution < -0.4 is 16.0 Å². The van der Waals surface area contributed by atoms with Gasteiger partial charge < -0.3 is 10.6 Å². The first-order valence-corrected chi connectivity index (χ1v) is 4.64. The lowest BCUT2D eigenvalue weighted by atomic mass is 10.1. The number of hydrogen-bond donors (Lipinski definition) is 1. The van der Waals surface area contributed by atoms with E-state index in [0.717, 1.165) is 0 Å². The van der Waals surface area contributed by atoms with Gasteiger partial charge >= 0.3 is 0 Å². The van der Waals surface area contributed by atoms with E-state index in [0.29, 0.717) is 10.9 Å². The fourth-order valence-electron chi connectivity index (χ4n) is 1.57. The molecule has 2 rings (SSSR count). The number of nitrogens with two attached hydrogens (primary N) is 1. The summed E-state index contributed by atoms with van der Waals surface area (Å²) in [5.74, 6) is -0.762. The standard InChI is InChI=1S/C11H10N2O3/c1-16-13-6-8(11(12)15)10(14)7-4-2-3-5-9(7)13/h2-6H,1H3,(H2,12,15). The maximum Gasteiger partial charge on any atom is 0.254 e. The van der Waals surface area contributed by atoms with Gasteiger partial charge in [0.05, 0.1) is 11.7 Å². The minimum Gasteiger partial charge on any atom is -0.417 e. The number of nitrogens with zero attached hydrogens (tertiary/aromatic N) is 1. The number of aromatic nitrogens is 1. The predicted octanol–water partition coefficient (Wildman–Crippen LogP) is 0.159. The first-order chi connectivity index (χ1) is 7.65. The number of amides is 1. The van der Waals surface area contributed by atoms with E-state index in [4.69, 9.17) is 10.6 Å². The van der Waals surface area contributed by atoms with Crippen molar-refractivity contribution in [1.29, 1.82) is 0 Å². The smallest absolute Gasteiger partial charge is 0.254 e. The van der Waals surface area contributed by atoms with Gasteiger partial charge in [0.2, 0.25) is 5.43 Å². The summed E-state index contributed by atoms with van der Waals surface area (Å²) in [5.41, 5.74) is 5.26. The Kier molecular flexibility index (Phi) is 2.36. The lowest BCUT2D eigenvalue weighted by Gasteiger charge is -2.09. The van der Waals surface area contributed by atoms with Crippen molar-refractivity contribution in [2.45, 2.75) is 0 Å². The lowest BCUT2D eigenvalue weighted by molar-refractivity contribution is 0.0994. The molecule has 0 saturated heterocycles. The van der Waals surface area contributed by atoms with Gasteiger partial charge in [0.1, 0.15) is 12.7 Å². The molecule has 0 aliphatic heterocycles. The molecule has 0 bridgehead atoms. The van der Waals surface area contributed by atoms with E-state index < -0.39 is 5.91 Å². The Balaban J connectivity index is 2.94. The highest BCUT2D eigenvalue weighted by Gasteiger charge is 2.12. The van der Waals surface area contributed by atoms with Crippen LogP contribution in [0.2, 0.25) is 0 Å². The van der Waals surface area contributed by atoms with Gasteiger partial charge in [-0.2, -0.15) is 4.73 Å². The van der Waals surface area contributed by atoms with Crippen LogP contribution in [0.1, 0.15) is 10.4 Å². The Hall–Kier alpha value is -2.30. The molecule has 0 aliphatic rings. The van der Waals surface area contributed by atoms with Gasteiger partial charge in [-0.3, -0.25) is 9.59 Å². The molecule has 5 heteroatoms. The van der Waals surface area contributed by atoms with Crippen LogP contribution in [-0.2, 0) is 0 Å². The normalized spacial score (nSPS) is 10.3. The van der Waals surface area contributed by atoms with E-state index >= 15 is 0 Å². The highest BCUT2D eigenvalue weighted by molar-refractivity contribution is 5.96. The summed E-state index contributed by atoms with van der Waals surface area (Å²) in [4.78, 5) is 28.0. The molecule has 0 unspecified atom stereocenters. The number of carbonyl (C=O) groups is 1. The van der Waals surface area contributed by atoms with Crippen molar-refractivity contribution in [1.82, 2.24) is 4.73 Å². The average Bonchev–Trinajstić information content (AvgIpc) is 2.29. The molecule has 5 nitrogen and oxygen atoms in total. The number of primary amides is 1. The zero-order chi connectivity index (χ0) is 11.7. The fourth-order valence-corrected chi connectivity index (χ4v) is 1.57. The molecule has 0 radical (unpaired) electrons. The zero-order valence-electron chi connectivity index (χ0n) is 8.64. The van der Waals surface area contributed by atoms with Crippen LogP contribution in [-0.4, -0.2) is 17.7 Å². The number of para-hydroxylation sites is 1. The third-order valence-corrected chi connectivity index (χ3v) is 2.34. The molecule has 0 aliphatic carbocycles. The van der Waals surface area contributed by atoms with Gasteiger partial charge in [-0.25, -0.2) is 0 Å². The second-order valence-corrected chi connectivity index (χ2v) is 3.26. The van der Waals surface area contributed by atoms with Crippen molar-refractivity contribution in [3.8, 4) is 0 Å². The van der Waals surface area contributed by atoms with Crippen molar-refractivity contribution in [3.05, 3.63) is 46.2 Å². The van der Waals surface area contributed by atoms with Crippen LogP contribution in [0.5, 0.6) is 0 Å². The summed E-state index contributed by atoms with van der Waals surface area (Å²) in [6.45, 7) is 0. The van der Waals surface area contributed by atoms with Crippen molar-refractivity contribution in [2.24, 2.45) is 5.73 Å². The number of rotatable bonds is 2. The Morgan fingerprint density at radius 1 is 1.38 bits per heavy atom. The summed E-state index contributed by atoms with van der Waals surface area (Å²) < 4.78 is 1.34. The quantitative estimate of drug-likeness (QED) is 0.780. The molecule has 2 aromatic rings. The Bertz CT molecular complexity index is 616. The first kappa shape index (κ1) is 10.2. The molecule has 1 aromatic heterocycles. The second-order valence-electron chi connectivity index (χ2n) is 3.26. The number of pyridine rings is 1. The predicted molar refractivity (Wildman–Crippen MR) is 59.2 cm³/mol. The van der Waals surface area contributed by atoms with Gasteiger partial charge in [0.25, 0.3) is 5.91 Å². The highest BCUT2D eigenvalue weighted by atomic mass is 16.6. The minimum absolute atomic E-state index is 0.0828. The monoisotopic (exact) mass is 218 g/mol. The van der Waals surface area contributed by atoms with Crippen molar-refractivity contribution >= 4 is 16.8 Å². The number of fused-ring (bicyclic) bond motifs is 1. The number of hydrogen-bond acceptors (Lipinski definition) is 3. The van der Waals surface area contributed by atoms with Crippen LogP contribution in [0.3, 0.4) is 0 Å². The van der Waals surface area contributed by atoms with Crippen molar-refractivity contribution in [2.75, 3.05) is 7.11 Å². The number of benzene rings is 1. The Morgan fingerprint density at radius 2 is 2.06 bits per heavy atom. The summed E-state index contributed by atoms with van der Waals surface area (Å²) >= 11 is 0. The summed E-state index contributed by atoms with van der Waals surface area (Å²) in [5, 5.41) is 0.403. The van der Waals surface area contributed by atoms with E-state index in [1.54, 1.807) is 24.3 Å². The molecule has 0 atom stereocenters. The van der Waals surface area contributed by atoms with Crippen LogP contribution >= 0.6 is 0 Å². The fraction of sp³-hybridized carbons (Fsp3) is 0.0909. The third kappa shape index (κ3) is 1.42. The molecular formula is C11H10N2O3. The molecule has 16 heavy (non-hydrogen) atoms. The second kappa shape index (κ2) is 3.69. The maximum absolute atomic E-state index is 11.9. The molecule has 1 aromatic carbocycles. The van der Waals surface area contributed by atoms with Crippen LogP contribution in [0.15, 0.2) is 35.3 Å². The van der Waals surface area contributed by atoms with Crippen LogP contribution in [0.25, 0.3) is 10.9 Å². The number of carbonyl (C=O) groups excluding carboxylic acids is 1. The molecule has 0 saturated carbocycles. The highest BCUT2D eigenvalue weighted by Crippen LogP contribution is 2.09. The lowest BCUT2D eigenvalue weighted by Crippen LogP contribution is -2.25. The first-order valence-electron chi connectivity index (χ1n) is 4.64. The molecular weight excluding hydrogens is 208 g/mol.